The molecule has 0 spiro atoms. The zero-order chi connectivity index (χ0) is 13.9. The lowest BCUT2D eigenvalue weighted by atomic mass is 9.81. The van der Waals surface area contributed by atoms with Gasteiger partial charge in [-0.25, -0.2) is 4.39 Å². The van der Waals surface area contributed by atoms with E-state index in [2.05, 4.69) is 10.3 Å². The summed E-state index contributed by atoms with van der Waals surface area (Å²) in [6.07, 6.45) is 0.0450. The molecule has 0 unspecified atom stereocenters. The van der Waals surface area contributed by atoms with Gasteiger partial charge in [0, 0.05) is 12.6 Å². The van der Waals surface area contributed by atoms with Crippen LogP contribution in [0.5, 0.6) is 0 Å². The van der Waals surface area contributed by atoms with E-state index in [9.17, 15) is 17.6 Å². The summed E-state index contributed by atoms with van der Waals surface area (Å²) in [6, 6.07) is 1.33. The van der Waals surface area contributed by atoms with Crippen LogP contribution in [-0.2, 0) is 0 Å². The average Bonchev–Trinajstić information content (AvgIpc) is 2.36. The summed E-state index contributed by atoms with van der Waals surface area (Å²) in [5.74, 6) is -1.37. The highest BCUT2D eigenvalue weighted by Crippen LogP contribution is 2.39. The first-order chi connectivity index (χ1) is 8.95. The first-order valence-corrected chi connectivity index (χ1v) is 6.36. The maximum atomic E-state index is 12.9. The number of hydrogen-bond donors (Lipinski definition) is 1. The monoisotopic (exact) mass is 276 g/mol. The van der Waals surface area contributed by atoms with Gasteiger partial charge in [-0.3, -0.25) is 4.98 Å². The summed E-state index contributed by atoms with van der Waals surface area (Å²) in [5.41, 5.74) is 0.568. The number of nitrogens with one attached hydrogen (secondary N) is 1. The SMILES string of the molecule is Fc1cncc(NCC2CCC(C(F)(F)F)CC2)c1. The van der Waals surface area contributed by atoms with Crippen molar-refractivity contribution in [2.45, 2.75) is 31.9 Å². The van der Waals surface area contributed by atoms with Gasteiger partial charge in [-0.05, 0) is 31.6 Å². The van der Waals surface area contributed by atoms with Crippen molar-refractivity contribution in [2.75, 3.05) is 11.9 Å². The van der Waals surface area contributed by atoms with Gasteiger partial charge in [0.05, 0.1) is 24.0 Å². The van der Waals surface area contributed by atoms with Crippen LogP contribution in [0.3, 0.4) is 0 Å². The molecular weight excluding hydrogens is 260 g/mol. The summed E-state index contributed by atoms with van der Waals surface area (Å²) < 4.78 is 50.4. The first-order valence-electron chi connectivity index (χ1n) is 6.36. The second kappa shape index (κ2) is 5.75. The number of nitrogens with zero attached hydrogens (tertiary/aromatic N) is 1. The molecule has 1 aliphatic carbocycles. The van der Waals surface area contributed by atoms with E-state index in [0.29, 0.717) is 25.1 Å². The largest absolute Gasteiger partial charge is 0.391 e. The molecule has 0 aromatic carbocycles. The van der Waals surface area contributed by atoms with Crippen LogP contribution >= 0.6 is 0 Å². The van der Waals surface area contributed by atoms with E-state index in [4.69, 9.17) is 0 Å². The average molecular weight is 276 g/mol. The van der Waals surface area contributed by atoms with E-state index < -0.39 is 17.9 Å². The van der Waals surface area contributed by atoms with Gasteiger partial charge in [-0.15, -0.1) is 0 Å². The zero-order valence-electron chi connectivity index (χ0n) is 10.4. The summed E-state index contributed by atoms with van der Waals surface area (Å²) in [5, 5.41) is 3.03. The Labute approximate surface area is 109 Å². The molecule has 1 saturated carbocycles. The molecule has 106 valence electrons. The molecule has 2 nitrogen and oxygen atoms in total. The van der Waals surface area contributed by atoms with Crippen molar-refractivity contribution < 1.29 is 17.6 Å². The summed E-state index contributed by atoms with van der Waals surface area (Å²) in [6.45, 7) is 0.565. The van der Waals surface area contributed by atoms with Gasteiger partial charge in [-0.1, -0.05) is 0 Å². The smallest absolute Gasteiger partial charge is 0.383 e. The Morgan fingerprint density at radius 1 is 1.16 bits per heavy atom. The Kier molecular flexibility index (Phi) is 4.27. The first kappa shape index (κ1) is 14.1. The minimum Gasteiger partial charge on any atom is -0.383 e. The molecule has 0 saturated heterocycles. The van der Waals surface area contributed by atoms with Crippen molar-refractivity contribution >= 4 is 5.69 Å². The van der Waals surface area contributed by atoms with Gasteiger partial charge in [0.1, 0.15) is 5.82 Å². The minimum absolute atomic E-state index is 0.192. The highest BCUT2D eigenvalue weighted by Gasteiger charge is 2.41. The Morgan fingerprint density at radius 3 is 2.42 bits per heavy atom. The highest BCUT2D eigenvalue weighted by molar-refractivity contribution is 5.40. The predicted molar refractivity (Wildman–Crippen MR) is 64.2 cm³/mol. The third kappa shape index (κ3) is 4.08. The van der Waals surface area contributed by atoms with Crippen molar-refractivity contribution in [2.24, 2.45) is 11.8 Å². The fraction of sp³-hybridized carbons (Fsp3) is 0.615. The van der Waals surface area contributed by atoms with Gasteiger partial charge in [0.25, 0.3) is 0 Å². The second-order valence-electron chi connectivity index (χ2n) is 5.03. The van der Waals surface area contributed by atoms with E-state index in [1.165, 1.54) is 12.3 Å². The number of pyridine rings is 1. The van der Waals surface area contributed by atoms with Crippen LogP contribution in [-0.4, -0.2) is 17.7 Å². The van der Waals surface area contributed by atoms with Crippen LogP contribution in [0.2, 0.25) is 0 Å². The molecule has 2 rings (SSSR count). The maximum Gasteiger partial charge on any atom is 0.391 e. The molecule has 1 heterocycles. The number of anilines is 1. The molecule has 6 heteroatoms. The third-order valence-electron chi connectivity index (χ3n) is 3.61. The van der Waals surface area contributed by atoms with E-state index >= 15 is 0 Å². The van der Waals surface area contributed by atoms with E-state index in [1.54, 1.807) is 0 Å². The van der Waals surface area contributed by atoms with Gasteiger partial charge < -0.3 is 5.32 Å². The van der Waals surface area contributed by atoms with Crippen LogP contribution in [0.4, 0.5) is 23.2 Å². The molecule has 1 aromatic heterocycles. The maximum absolute atomic E-state index is 12.9. The van der Waals surface area contributed by atoms with E-state index in [-0.39, 0.29) is 18.8 Å². The fourth-order valence-electron chi connectivity index (χ4n) is 2.46. The topological polar surface area (TPSA) is 24.9 Å². The normalized spacial score (nSPS) is 24.2. The minimum atomic E-state index is -4.06. The van der Waals surface area contributed by atoms with Gasteiger partial charge in [-0.2, -0.15) is 13.2 Å². The lowest BCUT2D eigenvalue weighted by Gasteiger charge is -2.30. The van der Waals surface area contributed by atoms with Crippen molar-refractivity contribution in [3.8, 4) is 0 Å². The molecule has 0 amide bonds. The molecule has 0 radical (unpaired) electrons. The van der Waals surface area contributed by atoms with Crippen molar-refractivity contribution in [3.05, 3.63) is 24.3 Å². The highest BCUT2D eigenvalue weighted by atomic mass is 19.4. The molecular formula is C13H16F4N2. The van der Waals surface area contributed by atoms with Crippen LogP contribution in [0.15, 0.2) is 18.5 Å². The van der Waals surface area contributed by atoms with Crippen molar-refractivity contribution in [1.29, 1.82) is 0 Å². The summed E-state index contributed by atoms with van der Waals surface area (Å²) >= 11 is 0. The lowest BCUT2D eigenvalue weighted by Crippen LogP contribution is -2.29. The molecule has 19 heavy (non-hydrogen) atoms. The number of halogens is 4. The summed E-state index contributed by atoms with van der Waals surface area (Å²) in [4.78, 5) is 3.71. The zero-order valence-corrected chi connectivity index (χ0v) is 10.4. The third-order valence-corrected chi connectivity index (χ3v) is 3.61. The Hall–Kier alpha value is -1.33. The van der Waals surface area contributed by atoms with Crippen molar-refractivity contribution in [3.63, 3.8) is 0 Å². The molecule has 0 aliphatic heterocycles. The van der Waals surface area contributed by atoms with Crippen molar-refractivity contribution in [1.82, 2.24) is 4.98 Å². The number of rotatable bonds is 3. The van der Waals surface area contributed by atoms with E-state index in [0.717, 1.165) is 6.20 Å². The molecule has 1 N–H and O–H groups in total. The molecule has 0 atom stereocenters. The Bertz CT molecular complexity index is 411. The summed E-state index contributed by atoms with van der Waals surface area (Å²) in [7, 11) is 0. The standard InChI is InChI=1S/C13H16F4N2/c14-11-5-12(8-18-7-11)19-6-9-1-3-10(4-2-9)13(15,16)17/h5,7-10,19H,1-4,6H2. The number of hydrogen-bond acceptors (Lipinski definition) is 2. The van der Waals surface area contributed by atoms with Crippen LogP contribution in [0, 0.1) is 17.7 Å². The molecule has 1 aromatic rings. The van der Waals surface area contributed by atoms with Crippen LogP contribution < -0.4 is 5.32 Å². The predicted octanol–water partition coefficient (Wildman–Crippen LogP) is 4.00. The quantitative estimate of drug-likeness (QED) is 0.844. The second-order valence-corrected chi connectivity index (χ2v) is 5.03. The van der Waals surface area contributed by atoms with Gasteiger partial charge in [0.2, 0.25) is 0 Å². The fourth-order valence-corrected chi connectivity index (χ4v) is 2.46. The van der Waals surface area contributed by atoms with Gasteiger partial charge >= 0.3 is 6.18 Å². The Morgan fingerprint density at radius 2 is 1.84 bits per heavy atom. The van der Waals surface area contributed by atoms with Crippen LogP contribution in [0.1, 0.15) is 25.7 Å². The molecule has 1 aliphatic rings. The molecule has 0 bridgehead atoms. The molecule has 1 fully saturated rings. The van der Waals surface area contributed by atoms with Crippen LogP contribution in [0.25, 0.3) is 0 Å². The Balaban J connectivity index is 1.77. The lowest BCUT2D eigenvalue weighted by molar-refractivity contribution is -0.183. The van der Waals surface area contributed by atoms with Gasteiger partial charge in [0.15, 0.2) is 0 Å². The number of alkyl halides is 3. The van der Waals surface area contributed by atoms with E-state index in [1.807, 2.05) is 0 Å². The number of aromatic nitrogens is 1.